The SMILES string of the molecule is CCNC(=O)N1CCC2(CCn3nc(-c4cnc(N)c(OC(C)c5ccccc5)c4)cc32)C1. The number of ether oxygens (including phenoxy) is 1. The number of nitrogens with one attached hydrogen (secondary N) is 1. The first kappa shape index (κ1) is 21.3. The Morgan fingerprint density at radius 3 is 2.82 bits per heavy atom. The number of hydrogen-bond acceptors (Lipinski definition) is 5. The molecule has 2 aliphatic heterocycles. The molecular weight excluding hydrogens is 416 g/mol. The fourth-order valence-electron chi connectivity index (χ4n) is 5.00. The molecule has 0 saturated carbocycles. The number of nitrogen functional groups attached to an aromatic ring is 1. The van der Waals surface area contributed by atoms with Crippen molar-refractivity contribution in [3.8, 4) is 17.0 Å². The number of fused-ring (bicyclic) bond motifs is 2. The van der Waals surface area contributed by atoms with Gasteiger partial charge in [-0.15, -0.1) is 0 Å². The molecule has 2 aromatic heterocycles. The largest absolute Gasteiger partial charge is 0.482 e. The van der Waals surface area contributed by atoms with Crippen LogP contribution in [-0.4, -0.2) is 45.3 Å². The van der Waals surface area contributed by atoms with Gasteiger partial charge in [0.15, 0.2) is 11.6 Å². The van der Waals surface area contributed by atoms with Crippen molar-refractivity contribution in [1.82, 2.24) is 25.0 Å². The predicted molar refractivity (Wildman–Crippen MR) is 127 cm³/mol. The number of amides is 2. The van der Waals surface area contributed by atoms with Crippen LogP contribution in [0.5, 0.6) is 5.75 Å². The Hall–Kier alpha value is -3.55. The second kappa shape index (κ2) is 8.42. The third kappa shape index (κ3) is 3.90. The van der Waals surface area contributed by atoms with Crippen molar-refractivity contribution < 1.29 is 9.53 Å². The normalized spacial score (nSPS) is 20.1. The molecule has 1 saturated heterocycles. The number of hydrogen-bond donors (Lipinski definition) is 2. The van der Waals surface area contributed by atoms with Crippen LogP contribution in [0.25, 0.3) is 11.3 Å². The topological polar surface area (TPSA) is 98.3 Å². The van der Waals surface area contributed by atoms with Gasteiger partial charge in [0.05, 0.1) is 5.69 Å². The van der Waals surface area contributed by atoms with Crippen molar-refractivity contribution in [3.05, 3.63) is 59.9 Å². The molecule has 172 valence electrons. The quantitative estimate of drug-likeness (QED) is 0.622. The van der Waals surface area contributed by atoms with Crippen LogP contribution in [0.4, 0.5) is 10.6 Å². The standard InChI is InChI=1S/C25H30N6O2/c1-3-27-24(32)30-11-9-25(16-30)10-12-31-22(25)14-20(29-31)19-13-21(23(26)28-15-19)33-17(2)18-7-5-4-6-8-18/h4-8,13-15,17H,3,9-12,16H2,1-2H3,(H2,26,28)(H,27,32). The van der Waals surface area contributed by atoms with E-state index in [0.29, 0.717) is 18.1 Å². The molecule has 33 heavy (non-hydrogen) atoms. The average Bonchev–Trinajstić information content (AvgIpc) is 3.53. The van der Waals surface area contributed by atoms with E-state index in [1.807, 2.05) is 55.1 Å². The first-order valence-electron chi connectivity index (χ1n) is 11.6. The minimum Gasteiger partial charge on any atom is -0.482 e. The van der Waals surface area contributed by atoms with Crippen molar-refractivity contribution in [2.45, 2.75) is 44.8 Å². The first-order chi connectivity index (χ1) is 16.0. The molecule has 3 aromatic rings. The summed E-state index contributed by atoms with van der Waals surface area (Å²) in [5, 5.41) is 7.77. The molecule has 8 nitrogen and oxygen atoms in total. The Balaban J connectivity index is 1.38. The molecule has 1 fully saturated rings. The highest BCUT2D eigenvalue weighted by Crippen LogP contribution is 2.44. The minimum absolute atomic E-state index is 0.0182. The second-order valence-electron chi connectivity index (χ2n) is 8.95. The van der Waals surface area contributed by atoms with Crippen LogP contribution >= 0.6 is 0 Å². The van der Waals surface area contributed by atoms with Gasteiger partial charge in [0.2, 0.25) is 0 Å². The van der Waals surface area contributed by atoms with Gasteiger partial charge in [0, 0.05) is 49.0 Å². The van der Waals surface area contributed by atoms with Gasteiger partial charge >= 0.3 is 6.03 Å². The highest BCUT2D eigenvalue weighted by Gasteiger charge is 2.46. The molecule has 3 N–H and O–H groups in total. The fraction of sp³-hybridized carbons (Fsp3) is 0.400. The highest BCUT2D eigenvalue weighted by atomic mass is 16.5. The molecule has 0 radical (unpaired) electrons. The summed E-state index contributed by atoms with van der Waals surface area (Å²) in [5.41, 5.74) is 10.1. The van der Waals surface area contributed by atoms with E-state index in [2.05, 4.69) is 21.0 Å². The van der Waals surface area contributed by atoms with Crippen LogP contribution in [0.2, 0.25) is 0 Å². The zero-order chi connectivity index (χ0) is 23.0. The number of urea groups is 1. The van der Waals surface area contributed by atoms with Gasteiger partial charge in [-0.3, -0.25) is 4.68 Å². The third-order valence-corrected chi connectivity index (χ3v) is 6.84. The maximum atomic E-state index is 12.3. The van der Waals surface area contributed by atoms with E-state index in [9.17, 15) is 4.79 Å². The summed E-state index contributed by atoms with van der Waals surface area (Å²) >= 11 is 0. The summed E-state index contributed by atoms with van der Waals surface area (Å²) < 4.78 is 8.24. The van der Waals surface area contributed by atoms with Crippen LogP contribution in [0, 0.1) is 0 Å². The van der Waals surface area contributed by atoms with E-state index in [0.717, 1.165) is 49.3 Å². The van der Waals surface area contributed by atoms with Crippen molar-refractivity contribution >= 4 is 11.8 Å². The lowest BCUT2D eigenvalue weighted by Gasteiger charge is -2.23. The van der Waals surface area contributed by atoms with Crippen LogP contribution in [0.1, 0.15) is 44.1 Å². The summed E-state index contributed by atoms with van der Waals surface area (Å²) in [7, 11) is 0. The summed E-state index contributed by atoms with van der Waals surface area (Å²) in [6.07, 6.45) is 3.56. The maximum Gasteiger partial charge on any atom is 0.317 e. The number of pyridine rings is 1. The van der Waals surface area contributed by atoms with Crippen molar-refractivity contribution in [1.29, 1.82) is 0 Å². The highest BCUT2D eigenvalue weighted by molar-refractivity contribution is 5.75. The van der Waals surface area contributed by atoms with Gasteiger partial charge in [0.25, 0.3) is 0 Å². The number of carbonyl (C=O) groups excluding carboxylic acids is 1. The Morgan fingerprint density at radius 1 is 1.24 bits per heavy atom. The van der Waals surface area contributed by atoms with E-state index < -0.39 is 0 Å². The van der Waals surface area contributed by atoms with Crippen molar-refractivity contribution in [2.75, 3.05) is 25.4 Å². The molecule has 4 heterocycles. The van der Waals surface area contributed by atoms with Gasteiger partial charge < -0.3 is 20.7 Å². The molecule has 1 spiro atoms. The van der Waals surface area contributed by atoms with Gasteiger partial charge in [-0.05, 0) is 44.4 Å². The molecule has 0 bridgehead atoms. The summed E-state index contributed by atoms with van der Waals surface area (Å²) in [5.74, 6) is 0.910. The Bertz CT molecular complexity index is 1160. The lowest BCUT2D eigenvalue weighted by Crippen LogP contribution is -2.40. The Labute approximate surface area is 193 Å². The number of carbonyl (C=O) groups is 1. The number of nitrogens with zero attached hydrogens (tertiary/aromatic N) is 4. The van der Waals surface area contributed by atoms with E-state index in [1.54, 1.807) is 6.20 Å². The van der Waals surface area contributed by atoms with E-state index in [1.165, 1.54) is 5.69 Å². The number of likely N-dealkylation sites (tertiary alicyclic amines) is 1. The van der Waals surface area contributed by atoms with Gasteiger partial charge in [-0.25, -0.2) is 9.78 Å². The molecule has 2 atom stereocenters. The van der Waals surface area contributed by atoms with Crippen LogP contribution in [-0.2, 0) is 12.0 Å². The first-order valence-corrected chi connectivity index (χ1v) is 11.6. The van der Waals surface area contributed by atoms with E-state index >= 15 is 0 Å². The minimum atomic E-state index is -0.153. The molecule has 8 heteroatoms. The van der Waals surface area contributed by atoms with Gasteiger partial charge in [0.1, 0.15) is 6.10 Å². The Morgan fingerprint density at radius 2 is 2.03 bits per heavy atom. The summed E-state index contributed by atoms with van der Waals surface area (Å²) in [6, 6.07) is 14.1. The summed E-state index contributed by atoms with van der Waals surface area (Å²) in [6.45, 7) is 6.94. The molecule has 0 aliphatic carbocycles. The zero-order valence-electron chi connectivity index (χ0n) is 19.1. The zero-order valence-corrected chi connectivity index (χ0v) is 19.1. The van der Waals surface area contributed by atoms with Crippen LogP contribution in [0.15, 0.2) is 48.7 Å². The lowest BCUT2D eigenvalue weighted by molar-refractivity contribution is 0.206. The van der Waals surface area contributed by atoms with E-state index in [4.69, 9.17) is 15.6 Å². The number of aromatic nitrogens is 3. The second-order valence-corrected chi connectivity index (χ2v) is 8.95. The lowest BCUT2D eigenvalue weighted by atomic mass is 9.82. The molecule has 1 aromatic carbocycles. The number of nitrogens with two attached hydrogens (primary N) is 1. The third-order valence-electron chi connectivity index (χ3n) is 6.84. The molecule has 2 amide bonds. The van der Waals surface area contributed by atoms with Crippen molar-refractivity contribution in [2.24, 2.45) is 0 Å². The molecular formula is C25H30N6O2. The number of anilines is 1. The maximum absolute atomic E-state index is 12.3. The smallest absolute Gasteiger partial charge is 0.317 e. The monoisotopic (exact) mass is 446 g/mol. The summed E-state index contributed by atoms with van der Waals surface area (Å²) in [4.78, 5) is 18.6. The van der Waals surface area contributed by atoms with Crippen LogP contribution in [0.3, 0.4) is 0 Å². The molecule has 2 aliphatic rings. The number of rotatable bonds is 5. The van der Waals surface area contributed by atoms with Crippen LogP contribution < -0.4 is 15.8 Å². The average molecular weight is 447 g/mol. The number of aryl methyl sites for hydroxylation is 1. The fourth-order valence-corrected chi connectivity index (χ4v) is 5.00. The molecule has 5 rings (SSSR count). The van der Waals surface area contributed by atoms with E-state index in [-0.39, 0.29) is 17.6 Å². The van der Waals surface area contributed by atoms with Gasteiger partial charge in [-0.1, -0.05) is 30.3 Å². The Kier molecular flexibility index (Phi) is 5.44. The van der Waals surface area contributed by atoms with Gasteiger partial charge in [-0.2, -0.15) is 5.10 Å². The van der Waals surface area contributed by atoms with Crippen molar-refractivity contribution in [3.63, 3.8) is 0 Å². The number of benzene rings is 1. The predicted octanol–water partition coefficient (Wildman–Crippen LogP) is 3.74. The molecule has 2 unspecified atom stereocenters.